The molecule has 0 aliphatic carbocycles. The maximum absolute atomic E-state index is 2.44. The largest absolute Gasteiger partial charge is 0.309 e. The fraction of sp³-hybridized carbons (Fsp3) is 0.0182. The van der Waals surface area contributed by atoms with Crippen LogP contribution in [0.4, 0.5) is 0 Å². The Balaban J connectivity index is 1.24. The Kier molecular flexibility index (Phi) is 6.88. The van der Waals surface area contributed by atoms with Gasteiger partial charge in [0.2, 0.25) is 0 Å². The van der Waals surface area contributed by atoms with Gasteiger partial charge in [-0.1, -0.05) is 151 Å². The molecule has 0 radical (unpaired) electrons. The van der Waals surface area contributed by atoms with E-state index in [4.69, 9.17) is 0 Å². The summed E-state index contributed by atoms with van der Waals surface area (Å²) in [5.41, 5.74) is 13.3. The zero-order valence-electron chi connectivity index (χ0n) is 31.4. The van der Waals surface area contributed by atoms with Crippen molar-refractivity contribution in [3.8, 4) is 33.6 Å². The lowest BCUT2D eigenvalue weighted by molar-refractivity contribution is 1.18. The highest BCUT2D eigenvalue weighted by Gasteiger charge is 2.21. The van der Waals surface area contributed by atoms with Gasteiger partial charge in [-0.15, -0.1) is 0 Å². The number of rotatable bonds is 4. The van der Waals surface area contributed by atoms with Crippen molar-refractivity contribution in [2.75, 3.05) is 0 Å². The molecule has 12 rings (SSSR count). The summed E-state index contributed by atoms with van der Waals surface area (Å²) < 4.78 is 4.88. The molecule has 0 saturated heterocycles. The fourth-order valence-corrected chi connectivity index (χ4v) is 9.65. The minimum Gasteiger partial charge on any atom is -0.309 e. The van der Waals surface area contributed by atoms with Gasteiger partial charge in [0.25, 0.3) is 0 Å². The quantitative estimate of drug-likeness (QED) is 0.160. The highest BCUT2D eigenvalue weighted by Crippen LogP contribution is 2.47. The summed E-state index contributed by atoms with van der Waals surface area (Å²) in [5, 5.41) is 12.5. The Morgan fingerprint density at radius 2 is 0.719 bits per heavy atom. The molecular weight excluding hydrogens is 689 g/mol. The molecule has 2 heterocycles. The van der Waals surface area contributed by atoms with Gasteiger partial charge >= 0.3 is 0 Å². The Bertz CT molecular complexity index is 3490. The second-order valence-corrected chi connectivity index (χ2v) is 15.4. The van der Waals surface area contributed by atoms with Gasteiger partial charge in [0.15, 0.2) is 0 Å². The molecule has 57 heavy (non-hydrogen) atoms. The first-order valence-electron chi connectivity index (χ1n) is 19.8. The zero-order chi connectivity index (χ0) is 37.6. The average molecular weight is 725 g/mol. The molecule has 0 fully saturated rings. The smallest absolute Gasteiger partial charge is 0.0541 e. The van der Waals surface area contributed by atoms with Gasteiger partial charge < -0.3 is 9.13 Å². The van der Waals surface area contributed by atoms with E-state index in [1.165, 1.54) is 104 Å². The molecule has 266 valence electrons. The average Bonchev–Trinajstić information content (AvgIpc) is 3.78. The molecule has 0 unspecified atom stereocenters. The third kappa shape index (κ3) is 4.77. The van der Waals surface area contributed by atoms with Gasteiger partial charge in [-0.25, -0.2) is 0 Å². The Morgan fingerprint density at radius 3 is 1.21 bits per heavy atom. The van der Waals surface area contributed by atoms with Crippen LogP contribution in [0.15, 0.2) is 200 Å². The number of fused-ring (bicyclic) bond motifs is 9. The first kappa shape index (κ1) is 31.9. The van der Waals surface area contributed by atoms with E-state index in [1.807, 2.05) is 0 Å². The third-order valence-corrected chi connectivity index (χ3v) is 12.1. The molecule has 0 saturated carbocycles. The molecule has 0 amide bonds. The summed E-state index contributed by atoms with van der Waals surface area (Å²) in [4.78, 5) is 0. The monoisotopic (exact) mass is 724 g/mol. The van der Waals surface area contributed by atoms with E-state index in [2.05, 4.69) is 216 Å². The molecule has 2 aromatic heterocycles. The number of aromatic nitrogens is 2. The molecule has 0 aliphatic heterocycles. The summed E-state index contributed by atoms with van der Waals surface area (Å²) in [6.45, 7) is 2.20. The molecular formula is C55H36N2. The van der Waals surface area contributed by atoms with Crippen molar-refractivity contribution in [2.45, 2.75) is 6.92 Å². The highest BCUT2D eigenvalue weighted by atomic mass is 15.0. The summed E-state index contributed by atoms with van der Waals surface area (Å²) in [6, 6.07) is 74.1. The van der Waals surface area contributed by atoms with E-state index in [-0.39, 0.29) is 0 Å². The van der Waals surface area contributed by atoms with Gasteiger partial charge in [-0.2, -0.15) is 0 Å². The van der Waals surface area contributed by atoms with Crippen LogP contribution in [0.2, 0.25) is 0 Å². The maximum atomic E-state index is 2.44. The number of aryl methyl sites for hydroxylation is 1. The number of benzene rings is 10. The topological polar surface area (TPSA) is 9.86 Å². The maximum Gasteiger partial charge on any atom is 0.0541 e. The molecule has 10 aromatic carbocycles. The summed E-state index contributed by atoms with van der Waals surface area (Å²) in [7, 11) is 0. The van der Waals surface area contributed by atoms with E-state index in [1.54, 1.807) is 0 Å². The minimum atomic E-state index is 1.15. The van der Waals surface area contributed by atoms with Crippen LogP contribution in [0.5, 0.6) is 0 Å². The van der Waals surface area contributed by atoms with Crippen molar-refractivity contribution in [3.63, 3.8) is 0 Å². The van der Waals surface area contributed by atoms with E-state index < -0.39 is 0 Å². The van der Waals surface area contributed by atoms with Crippen LogP contribution in [0, 0.1) is 6.92 Å². The Hall–Kier alpha value is -7.42. The van der Waals surface area contributed by atoms with Crippen LogP contribution in [-0.4, -0.2) is 9.13 Å². The van der Waals surface area contributed by atoms with Crippen molar-refractivity contribution in [3.05, 3.63) is 206 Å². The lowest BCUT2D eigenvalue weighted by Gasteiger charge is -2.21. The van der Waals surface area contributed by atoms with Crippen molar-refractivity contribution in [1.82, 2.24) is 9.13 Å². The van der Waals surface area contributed by atoms with E-state index in [0.29, 0.717) is 0 Å². The lowest BCUT2D eigenvalue weighted by Crippen LogP contribution is -1.98. The molecule has 0 bridgehead atoms. The number of nitrogens with zero attached hydrogens (tertiary/aromatic N) is 2. The van der Waals surface area contributed by atoms with Crippen LogP contribution in [0.1, 0.15) is 5.56 Å². The molecule has 0 aliphatic rings. The van der Waals surface area contributed by atoms with E-state index in [9.17, 15) is 0 Å². The van der Waals surface area contributed by atoms with Gasteiger partial charge in [0.05, 0.1) is 22.1 Å². The predicted octanol–water partition coefficient (Wildman–Crippen LogP) is 15.0. The molecule has 0 spiro atoms. The molecule has 2 heteroatoms. The molecule has 12 aromatic rings. The fourth-order valence-electron chi connectivity index (χ4n) is 9.65. The standard InChI is InChI=1S/C55H36N2/c1-35-13-12-16-38(31-35)54-46-29-27-41(57-52-23-10-6-19-44(52)45-20-7-11-24-53(45)57)34-49(46)55(39-26-25-36-14-2-3-15-37(36)32-39)47-30-28-40(33-48(47)54)56-50-21-8-4-17-42(50)43-18-5-9-22-51(43)56/h2-34H,1H3. The van der Waals surface area contributed by atoms with Gasteiger partial charge in [-0.3, -0.25) is 0 Å². The van der Waals surface area contributed by atoms with E-state index in [0.717, 1.165) is 11.4 Å². The highest BCUT2D eigenvalue weighted by molar-refractivity contribution is 6.23. The SMILES string of the molecule is Cc1cccc(-c2c3ccc(-n4c5ccccc5c5ccccc54)cc3c(-c3ccc4ccccc4c3)c3ccc(-n4c5ccccc5c5ccccc54)cc23)c1. The van der Waals surface area contributed by atoms with Crippen LogP contribution < -0.4 is 0 Å². The van der Waals surface area contributed by atoms with Gasteiger partial charge in [-0.05, 0) is 116 Å². The third-order valence-electron chi connectivity index (χ3n) is 12.1. The number of para-hydroxylation sites is 4. The van der Waals surface area contributed by atoms with Crippen molar-refractivity contribution in [1.29, 1.82) is 0 Å². The second-order valence-electron chi connectivity index (χ2n) is 15.4. The number of hydrogen-bond acceptors (Lipinski definition) is 0. The normalized spacial score (nSPS) is 11.9. The molecule has 0 atom stereocenters. The first-order chi connectivity index (χ1) is 28.2. The first-order valence-corrected chi connectivity index (χ1v) is 19.8. The van der Waals surface area contributed by atoms with Crippen LogP contribution >= 0.6 is 0 Å². The van der Waals surface area contributed by atoms with Crippen molar-refractivity contribution in [2.24, 2.45) is 0 Å². The minimum absolute atomic E-state index is 1.15. The lowest BCUT2D eigenvalue weighted by atomic mass is 9.85. The number of hydrogen-bond donors (Lipinski definition) is 0. The van der Waals surface area contributed by atoms with Crippen molar-refractivity contribution >= 4 is 75.9 Å². The summed E-state index contributed by atoms with van der Waals surface area (Å²) in [6.07, 6.45) is 0. The molecule has 2 nitrogen and oxygen atoms in total. The van der Waals surface area contributed by atoms with Crippen LogP contribution in [-0.2, 0) is 0 Å². The van der Waals surface area contributed by atoms with Gasteiger partial charge in [0.1, 0.15) is 0 Å². The van der Waals surface area contributed by atoms with Crippen LogP contribution in [0.3, 0.4) is 0 Å². The van der Waals surface area contributed by atoms with Gasteiger partial charge in [0, 0.05) is 32.9 Å². The molecule has 0 N–H and O–H groups in total. The van der Waals surface area contributed by atoms with Crippen LogP contribution in [0.25, 0.3) is 110 Å². The summed E-state index contributed by atoms with van der Waals surface area (Å²) in [5.74, 6) is 0. The second kappa shape index (κ2) is 12.3. The Morgan fingerprint density at radius 1 is 0.281 bits per heavy atom. The zero-order valence-corrected chi connectivity index (χ0v) is 31.4. The van der Waals surface area contributed by atoms with Crippen molar-refractivity contribution < 1.29 is 0 Å². The summed E-state index contributed by atoms with van der Waals surface area (Å²) >= 11 is 0. The predicted molar refractivity (Wildman–Crippen MR) is 243 cm³/mol. The Labute approximate surface area is 330 Å². The van der Waals surface area contributed by atoms with E-state index >= 15 is 0 Å².